The number of hydrogen-bond donors (Lipinski definition) is 2. The van der Waals surface area contributed by atoms with E-state index in [1.54, 1.807) is 0 Å². The molecular weight excluding hydrogens is 198 g/mol. The van der Waals surface area contributed by atoms with Crippen molar-refractivity contribution in [3.05, 3.63) is 29.1 Å². The number of para-hydroxylation sites is 1. The molecule has 0 atom stereocenters. The molecular formula is C9H9N3OS. The zero-order valence-electron chi connectivity index (χ0n) is 7.57. The highest BCUT2D eigenvalue weighted by atomic mass is 32.1. The maximum absolute atomic E-state index is 5.22. The first-order chi connectivity index (χ1) is 6.81. The first kappa shape index (κ1) is 8.96. The highest BCUT2D eigenvalue weighted by Crippen LogP contribution is 2.25. The van der Waals surface area contributed by atoms with Crippen LogP contribution in [-0.4, -0.2) is 17.2 Å². The zero-order valence-corrected chi connectivity index (χ0v) is 8.39. The fourth-order valence-electron chi connectivity index (χ4n) is 1.23. The van der Waals surface area contributed by atoms with Crippen molar-refractivity contribution in [3.63, 3.8) is 0 Å². The van der Waals surface area contributed by atoms with Crippen LogP contribution in [0.25, 0.3) is 11.5 Å². The van der Waals surface area contributed by atoms with Crippen LogP contribution in [0.3, 0.4) is 0 Å². The van der Waals surface area contributed by atoms with Crippen molar-refractivity contribution in [1.82, 2.24) is 10.2 Å². The van der Waals surface area contributed by atoms with E-state index in [2.05, 4.69) is 15.5 Å². The summed E-state index contributed by atoms with van der Waals surface area (Å²) in [7, 11) is 1.85. The molecule has 2 aromatic rings. The molecule has 0 saturated carbocycles. The molecule has 2 N–H and O–H groups in total. The Balaban J connectivity index is 2.55. The summed E-state index contributed by atoms with van der Waals surface area (Å²) in [5.41, 5.74) is 1.85. The standard InChI is InChI=1S/C9H9N3OS/c1-10-7-5-3-2-4-6(7)8-11-12-9(14)13-8/h2-5,10H,1H3,(H,12,14). The Labute approximate surface area is 86.0 Å². The number of aromatic amines is 1. The summed E-state index contributed by atoms with van der Waals surface area (Å²) < 4.78 is 5.22. The number of anilines is 1. The van der Waals surface area contributed by atoms with Crippen LogP contribution in [0.15, 0.2) is 28.7 Å². The van der Waals surface area contributed by atoms with E-state index >= 15 is 0 Å². The van der Waals surface area contributed by atoms with Crippen molar-refractivity contribution >= 4 is 17.9 Å². The van der Waals surface area contributed by atoms with E-state index in [1.165, 1.54) is 0 Å². The first-order valence-electron chi connectivity index (χ1n) is 4.14. The largest absolute Gasteiger partial charge is 0.409 e. The molecule has 0 aliphatic heterocycles. The van der Waals surface area contributed by atoms with Crippen molar-refractivity contribution < 1.29 is 4.42 Å². The molecule has 0 spiro atoms. The molecule has 0 aliphatic rings. The van der Waals surface area contributed by atoms with Gasteiger partial charge in [-0.2, -0.15) is 0 Å². The van der Waals surface area contributed by atoms with Crippen LogP contribution in [0, 0.1) is 4.84 Å². The average Bonchev–Trinajstić information content (AvgIpc) is 2.65. The van der Waals surface area contributed by atoms with Crippen LogP contribution < -0.4 is 5.32 Å². The SMILES string of the molecule is CNc1ccccc1-c1n[nH]c(=S)o1. The van der Waals surface area contributed by atoms with Gasteiger partial charge >= 0.3 is 0 Å². The molecule has 14 heavy (non-hydrogen) atoms. The van der Waals surface area contributed by atoms with Gasteiger partial charge in [-0.1, -0.05) is 12.1 Å². The van der Waals surface area contributed by atoms with Crippen LogP contribution in [0.4, 0.5) is 5.69 Å². The first-order valence-corrected chi connectivity index (χ1v) is 4.55. The van der Waals surface area contributed by atoms with E-state index in [0.717, 1.165) is 11.3 Å². The maximum Gasteiger partial charge on any atom is 0.284 e. The van der Waals surface area contributed by atoms with Gasteiger partial charge in [0.05, 0.1) is 5.56 Å². The van der Waals surface area contributed by atoms with E-state index in [0.29, 0.717) is 5.89 Å². The van der Waals surface area contributed by atoms with Gasteiger partial charge in [-0.15, -0.1) is 5.10 Å². The predicted molar refractivity (Wildman–Crippen MR) is 56.7 cm³/mol. The number of rotatable bonds is 2. The molecule has 0 aliphatic carbocycles. The van der Waals surface area contributed by atoms with Crippen LogP contribution >= 0.6 is 12.2 Å². The minimum Gasteiger partial charge on any atom is -0.409 e. The lowest BCUT2D eigenvalue weighted by atomic mass is 10.2. The fourth-order valence-corrected chi connectivity index (χ4v) is 1.36. The number of hydrogen-bond acceptors (Lipinski definition) is 4. The minimum absolute atomic E-state index is 0.283. The molecule has 0 saturated heterocycles. The third-order valence-electron chi connectivity index (χ3n) is 1.86. The van der Waals surface area contributed by atoms with Crippen molar-refractivity contribution in [1.29, 1.82) is 0 Å². The van der Waals surface area contributed by atoms with E-state index < -0.39 is 0 Å². The Morgan fingerprint density at radius 3 is 2.86 bits per heavy atom. The molecule has 5 heteroatoms. The fraction of sp³-hybridized carbons (Fsp3) is 0.111. The molecule has 1 heterocycles. The van der Waals surface area contributed by atoms with E-state index in [-0.39, 0.29) is 4.84 Å². The molecule has 0 unspecified atom stereocenters. The van der Waals surface area contributed by atoms with E-state index in [9.17, 15) is 0 Å². The van der Waals surface area contributed by atoms with Crippen LogP contribution in [0.1, 0.15) is 0 Å². The van der Waals surface area contributed by atoms with Crippen LogP contribution in [0.5, 0.6) is 0 Å². The van der Waals surface area contributed by atoms with E-state index in [4.69, 9.17) is 16.6 Å². The van der Waals surface area contributed by atoms with Crippen molar-refractivity contribution in [2.24, 2.45) is 0 Å². The van der Waals surface area contributed by atoms with Gasteiger partial charge in [0.2, 0.25) is 5.89 Å². The van der Waals surface area contributed by atoms with Crippen LogP contribution in [-0.2, 0) is 0 Å². The Bertz CT molecular complexity index is 489. The summed E-state index contributed by atoms with van der Waals surface area (Å²) in [4.78, 5) is 0.283. The van der Waals surface area contributed by atoms with Crippen molar-refractivity contribution in [3.8, 4) is 11.5 Å². The smallest absolute Gasteiger partial charge is 0.284 e. The molecule has 1 aromatic carbocycles. The van der Waals surface area contributed by atoms with Crippen molar-refractivity contribution in [2.75, 3.05) is 12.4 Å². The van der Waals surface area contributed by atoms with E-state index in [1.807, 2.05) is 31.3 Å². The predicted octanol–water partition coefficient (Wildman–Crippen LogP) is 2.44. The van der Waals surface area contributed by atoms with Gasteiger partial charge in [0.1, 0.15) is 0 Å². The molecule has 0 bridgehead atoms. The Hall–Kier alpha value is -1.62. The third kappa shape index (κ3) is 1.54. The molecule has 4 nitrogen and oxygen atoms in total. The van der Waals surface area contributed by atoms with Gasteiger partial charge in [-0.05, 0) is 24.4 Å². The second-order valence-corrected chi connectivity index (χ2v) is 3.08. The normalized spacial score (nSPS) is 10.1. The van der Waals surface area contributed by atoms with Gasteiger partial charge in [-0.3, -0.25) is 0 Å². The minimum atomic E-state index is 0.283. The lowest BCUT2D eigenvalue weighted by Crippen LogP contribution is -1.91. The summed E-state index contributed by atoms with van der Waals surface area (Å²) in [5.74, 6) is 0.500. The number of benzene rings is 1. The van der Waals surface area contributed by atoms with Gasteiger partial charge in [0.15, 0.2) is 0 Å². The molecule has 2 rings (SSSR count). The number of nitrogens with zero attached hydrogens (tertiary/aromatic N) is 1. The average molecular weight is 207 g/mol. The lowest BCUT2D eigenvalue weighted by Gasteiger charge is -2.03. The second-order valence-electron chi connectivity index (χ2n) is 2.71. The molecule has 0 fully saturated rings. The topological polar surface area (TPSA) is 53.9 Å². The highest BCUT2D eigenvalue weighted by Gasteiger charge is 2.07. The van der Waals surface area contributed by atoms with Gasteiger partial charge in [-0.25, -0.2) is 5.10 Å². The zero-order chi connectivity index (χ0) is 9.97. The Kier molecular flexibility index (Phi) is 2.32. The quantitative estimate of drug-likeness (QED) is 0.743. The molecule has 1 aromatic heterocycles. The van der Waals surface area contributed by atoms with Gasteiger partial charge in [0.25, 0.3) is 4.84 Å². The Morgan fingerprint density at radius 2 is 2.21 bits per heavy atom. The maximum atomic E-state index is 5.22. The number of nitrogens with one attached hydrogen (secondary N) is 2. The molecule has 72 valence electrons. The second kappa shape index (κ2) is 3.63. The monoisotopic (exact) mass is 207 g/mol. The summed E-state index contributed by atoms with van der Waals surface area (Å²) in [6.45, 7) is 0. The summed E-state index contributed by atoms with van der Waals surface area (Å²) in [5, 5.41) is 9.60. The van der Waals surface area contributed by atoms with Crippen LogP contribution in [0.2, 0.25) is 0 Å². The lowest BCUT2D eigenvalue weighted by molar-refractivity contribution is 0.552. The molecule has 0 radical (unpaired) electrons. The van der Waals surface area contributed by atoms with Gasteiger partial charge < -0.3 is 9.73 Å². The number of H-pyrrole nitrogens is 1. The Morgan fingerprint density at radius 1 is 1.43 bits per heavy atom. The van der Waals surface area contributed by atoms with Gasteiger partial charge in [0, 0.05) is 12.7 Å². The summed E-state index contributed by atoms with van der Waals surface area (Å²) in [6.07, 6.45) is 0. The highest BCUT2D eigenvalue weighted by molar-refractivity contribution is 7.71. The number of aromatic nitrogens is 2. The summed E-state index contributed by atoms with van der Waals surface area (Å²) in [6, 6.07) is 7.73. The molecule has 0 amide bonds. The summed E-state index contributed by atoms with van der Waals surface area (Å²) >= 11 is 4.81. The third-order valence-corrected chi connectivity index (χ3v) is 2.04. The van der Waals surface area contributed by atoms with Crippen molar-refractivity contribution in [2.45, 2.75) is 0 Å².